The number of halogens is 2. The molecule has 0 spiro atoms. The Bertz CT molecular complexity index is 2730. The van der Waals surface area contributed by atoms with Crippen molar-refractivity contribution >= 4 is 78.7 Å². The summed E-state index contributed by atoms with van der Waals surface area (Å²) in [6.45, 7) is 34.0. The highest BCUT2D eigenvalue weighted by Crippen LogP contribution is 2.51. The highest BCUT2D eigenvalue weighted by molar-refractivity contribution is 7.17. The molecular formula is C58H66Cl2N2S. The molecule has 0 atom stereocenters. The van der Waals surface area contributed by atoms with E-state index in [1.807, 2.05) is 0 Å². The maximum Gasteiger partial charge on any atom is 0.0887 e. The predicted octanol–water partition coefficient (Wildman–Crippen LogP) is 19.3. The van der Waals surface area contributed by atoms with Crippen molar-refractivity contribution in [3.05, 3.63) is 165 Å². The van der Waals surface area contributed by atoms with Crippen LogP contribution >= 0.6 is 34.5 Å². The number of anilines is 6. The minimum atomic E-state index is -0.0601. The van der Waals surface area contributed by atoms with Gasteiger partial charge in [0.05, 0.1) is 32.8 Å². The topological polar surface area (TPSA) is 6.48 Å². The molecular weight excluding hydrogens is 828 g/mol. The fourth-order valence-corrected chi connectivity index (χ4v) is 9.52. The Morgan fingerprint density at radius 1 is 0.381 bits per heavy atom. The Morgan fingerprint density at radius 3 is 1.32 bits per heavy atom. The second-order valence-electron chi connectivity index (χ2n) is 22.4. The van der Waals surface area contributed by atoms with Crippen LogP contribution in [-0.2, 0) is 27.1 Å². The maximum absolute atomic E-state index is 7.90. The Labute approximate surface area is 392 Å². The van der Waals surface area contributed by atoms with Crippen molar-refractivity contribution in [2.75, 3.05) is 9.80 Å². The minimum Gasteiger partial charge on any atom is -0.307 e. The number of benzene rings is 6. The van der Waals surface area contributed by atoms with Crippen LogP contribution in [0.3, 0.4) is 0 Å². The molecule has 0 N–H and O–H groups in total. The van der Waals surface area contributed by atoms with Gasteiger partial charge in [-0.3, -0.25) is 0 Å². The van der Waals surface area contributed by atoms with Gasteiger partial charge in [-0.1, -0.05) is 188 Å². The molecule has 0 saturated heterocycles. The summed E-state index contributed by atoms with van der Waals surface area (Å²) in [6, 6.07) is 44.7. The van der Waals surface area contributed by atoms with Crippen molar-refractivity contribution in [2.45, 2.75) is 131 Å². The standard InChI is InChI=1S/C58H66Cl2N2S/c1-54(2,3)39-21-27-45(28-22-39)61(48-29-23-41(35-47(48)59)56(7,8)9)49-17-16-18-50(53(49)60)62(51-36-63-52-30-24-40(34-46(51)52)55(4,5)6)44-25-19-37(20-26-44)38-31-42(57(10,11)12)33-43(32-38)58(13,14)15/h16-36H,1-15H3. The summed E-state index contributed by atoms with van der Waals surface area (Å²) >= 11 is 17.0. The van der Waals surface area contributed by atoms with Gasteiger partial charge in [-0.05, 0) is 127 Å². The molecule has 0 aliphatic rings. The molecule has 5 heteroatoms. The van der Waals surface area contributed by atoms with Gasteiger partial charge in [0.15, 0.2) is 0 Å². The molecule has 63 heavy (non-hydrogen) atoms. The summed E-state index contributed by atoms with van der Waals surface area (Å²) in [5, 5.41) is 4.76. The first-order chi connectivity index (χ1) is 29.2. The lowest BCUT2D eigenvalue weighted by Gasteiger charge is -2.32. The summed E-state index contributed by atoms with van der Waals surface area (Å²) in [6.07, 6.45) is 0. The fourth-order valence-electron chi connectivity index (χ4n) is 8.05. The van der Waals surface area contributed by atoms with Crippen LogP contribution in [0.5, 0.6) is 0 Å². The van der Waals surface area contributed by atoms with Crippen LogP contribution in [0.4, 0.5) is 34.1 Å². The summed E-state index contributed by atoms with van der Waals surface area (Å²) in [4.78, 5) is 4.56. The maximum atomic E-state index is 7.90. The summed E-state index contributed by atoms with van der Waals surface area (Å²) in [7, 11) is 0. The molecule has 328 valence electrons. The number of thiophene rings is 1. The van der Waals surface area contributed by atoms with E-state index >= 15 is 0 Å². The van der Waals surface area contributed by atoms with Gasteiger partial charge >= 0.3 is 0 Å². The normalized spacial score (nSPS) is 12.8. The molecule has 0 radical (unpaired) electrons. The van der Waals surface area contributed by atoms with Gasteiger partial charge < -0.3 is 9.80 Å². The smallest absolute Gasteiger partial charge is 0.0887 e. The third kappa shape index (κ3) is 9.78. The van der Waals surface area contributed by atoms with Crippen molar-refractivity contribution in [1.82, 2.24) is 0 Å². The quantitative estimate of drug-likeness (QED) is 0.157. The number of nitrogens with zero attached hydrogens (tertiary/aromatic N) is 2. The number of hydrogen-bond donors (Lipinski definition) is 0. The van der Waals surface area contributed by atoms with Crippen LogP contribution in [0.1, 0.15) is 132 Å². The van der Waals surface area contributed by atoms with Gasteiger partial charge in [-0.2, -0.15) is 0 Å². The van der Waals surface area contributed by atoms with E-state index in [0.717, 1.165) is 34.1 Å². The first-order valence-electron chi connectivity index (χ1n) is 22.3. The molecule has 2 nitrogen and oxygen atoms in total. The van der Waals surface area contributed by atoms with E-state index in [1.54, 1.807) is 11.3 Å². The van der Waals surface area contributed by atoms with E-state index in [4.69, 9.17) is 23.2 Å². The first kappa shape index (κ1) is 46.5. The van der Waals surface area contributed by atoms with Gasteiger partial charge in [0.25, 0.3) is 0 Å². The molecule has 0 unspecified atom stereocenters. The molecule has 0 bridgehead atoms. The minimum absolute atomic E-state index is 0.00338. The molecule has 0 fully saturated rings. The predicted molar refractivity (Wildman–Crippen MR) is 280 cm³/mol. The molecule has 0 saturated carbocycles. The van der Waals surface area contributed by atoms with Crippen molar-refractivity contribution < 1.29 is 0 Å². The molecule has 0 amide bonds. The monoisotopic (exact) mass is 892 g/mol. The third-order valence-electron chi connectivity index (χ3n) is 12.3. The fraction of sp³-hybridized carbons (Fsp3) is 0.345. The zero-order chi connectivity index (χ0) is 46.0. The van der Waals surface area contributed by atoms with E-state index in [9.17, 15) is 0 Å². The number of hydrogen-bond acceptors (Lipinski definition) is 3. The van der Waals surface area contributed by atoms with Gasteiger partial charge in [0, 0.05) is 26.8 Å². The lowest BCUT2D eigenvalue weighted by atomic mass is 9.79. The highest BCUT2D eigenvalue weighted by Gasteiger charge is 2.28. The van der Waals surface area contributed by atoms with Crippen LogP contribution in [0.25, 0.3) is 21.2 Å². The lowest BCUT2D eigenvalue weighted by molar-refractivity contribution is 0.569. The Morgan fingerprint density at radius 2 is 0.825 bits per heavy atom. The van der Waals surface area contributed by atoms with E-state index in [0.29, 0.717) is 10.0 Å². The molecule has 7 aromatic rings. The average molecular weight is 894 g/mol. The van der Waals surface area contributed by atoms with Gasteiger partial charge in [0.2, 0.25) is 0 Å². The summed E-state index contributed by atoms with van der Waals surface area (Å²) in [5.74, 6) is 0. The van der Waals surface area contributed by atoms with Crippen LogP contribution in [-0.4, -0.2) is 0 Å². The summed E-state index contributed by atoms with van der Waals surface area (Å²) < 4.78 is 1.23. The number of rotatable bonds is 7. The molecule has 6 aromatic carbocycles. The van der Waals surface area contributed by atoms with Gasteiger partial charge in [-0.25, -0.2) is 0 Å². The molecule has 7 rings (SSSR count). The zero-order valence-corrected chi connectivity index (χ0v) is 42.5. The first-order valence-corrected chi connectivity index (χ1v) is 23.9. The zero-order valence-electron chi connectivity index (χ0n) is 40.2. The number of fused-ring (bicyclic) bond motifs is 1. The van der Waals surface area contributed by atoms with Gasteiger partial charge in [-0.15, -0.1) is 11.3 Å². The van der Waals surface area contributed by atoms with Crippen molar-refractivity contribution in [1.29, 1.82) is 0 Å². The Kier molecular flexibility index (Phi) is 12.4. The molecule has 1 heterocycles. The van der Waals surface area contributed by atoms with E-state index in [-0.39, 0.29) is 27.1 Å². The van der Waals surface area contributed by atoms with Crippen molar-refractivity contribution in [3.8, 4) is 11.1 Å². The summed E-state index contributed by atoms with van der Waals surface area (Å²) in [5.41, 5.74) is 14.4. The second kappa shape index (κ2) is 16.8. The SMILES string of the molecule is CC(C)(C)c1ccc(N(c2ccc(C(C)(C)C)cc2Cl)c2cccc(N(c3ccc(-c4cc(C(C)(C)C)cc(C(C)(C)C)c4)cc3)c3csc4ccc(C(C)(C)C)cc34)c2Cl)cc1. The Hall–Kier alpha value is -4.54. The van der Waals surface area contributed by atoms with Crippen LogP contribution in [0.2, 0.25) is 10.0 Å². The van der Waals surface area contributed by atoms with Crippen molar-refractivity contribution in [2.24, 2.45) is 0 Å². The van der Waals surface area contributed by atoms with E-state index in [1.165, 1.54) is 49.0 Å². The van der Waals surface area contributed by atoms with Crippen molar-refractivity contribution in [3.63, 3.8) is 0 Å². The second-order valence-corrected chi connectivity index (χ2v) is 24.1. The molecule has 1 aromatic heterocycles. The van der Waals surface area contributed by atoms with Crippen LogP contribution in [0.15, 0.2) is 127 Å². The lowest BCUT2D eigenvalue weighted by Crippen LogP contribution is -2.17. The Balaban J connectivity index is 1.45. The third-order valence-corrected chi connectivity index (χ3v) is 13.9. The van der Waals surface area contributed by atoms with E-state index in [2.05, 4.69) is 240 Å². The van der Waals surface area contributed by atoms with Crippen LogP contribution < -0.4 is 9.80 Å². The highest BCUT2D eigenvalue weighted by atomic mass is 35.5. The average Bonchev–Trinajstić information content (AvgIpc) is 3.61. The largest absolute Gasteiger partial charge is 0.307 e. The van der Waals surface area contributed by atoms with E-state index < -0.39 is 0 Å². The van der Waals surface area contributed by atoms with Gasteiger partial charge in [0.1, 0.15) is 0 Å². The molecule has 0 aliphatic heterocycles. The van der Waals surface area contributed by atoms with Crippen LogP contribution in [0, 0.1) is 0 Å². The molecule has 0 aliphatic carbocycles.